The van der Waals surface area contributed by atoms with Gasteiger partial charge in [-0.3, -0.25) is 4.79 Å². The lowest BCUT2D eigenvalue weighted by atomic mass is 10.1. The summed E-state index contributed by atoms with van der Waals surface area (Å²) in [6.45, 7) is 1.48. The Kier molecular flexibility index (Phi) is 4.06. The van der Waals surface area contributed by atoms with E-state index in [0.29, 0.717) is 11.1 Å². The van der Waals surface area contributed by atoms with E-state index in [1.54, 1.807) is 24.3 Å². The highest BCUT2D eigenvalue weighted by Gasteiger charge is 2.01. The van der Waals surface area contributed by atoms with E-state index in [0.717, 1.165) is 0 Å². The van der Waals surface area contributed by atoms with Crippen molar-refractivity contribution in [3.63, 3.8) is 0 Å². The molecular formula is C10H9N3O3. The molecule has 0 aromatic heterocycles. The van der Waals surface area contributed by atoms with Crippen LogP contribution in [0.25, 0.3) is 10.4 Å². The van der Waals surface area contributed by atoms with Crippen molar-refractivity contribution in [3.8, 4) is 0 Å². The molecular weight excluding hydrogens is 210 g/mol. The third-order valence-electron chi connectivity index (χ3n) is 1.85. The molecule has 0 aliphatic rings. The Hall–Kier alpha value is -2.33. The monoisotopic (exact) mass is 219 g/mol. The smallest absolute Gasteiger partial charge is 0.397 e. The second kappa shape index (κ2) is 5.53. The fraction of sp³-hybridized carbons (Fsp3) is 0.200. The van der Waals surface area contributed by atoms with Crippen LogP contribution in [0.3, 0.4) is 0 Å². The van der Waals surface area contributed by atoms with Gasteiger partial charge >= 0.3 is 6.09 Å². The second-order valence-electron chi connectivity index (χ2n) is 3.00. The van der Waals surface area contributed by atoms with Gasteiger partial charge in [-0.15, -0.1) is 0 Å². The lowest BCUT2D eigenvalue weighted by Gasteiger charge is -2.02. The number of Topliss-reactive ketones (excluding diaryl/α,β-unsaturated/α-hetero) is 1. The fourth-order valence-electron chi connectivity index (χ4n) is 1.05. The van der Waals surface area contributed by atoms with Gasteiger partial charge in [-0.1, -0.05) is 24.3 Å². The summed E-state index contributed by atoms with van der Waals surface area (Å²) in [4.78, 5) is 24.0. The molecule has 0 saturated heterocycles. The van der Waals surface area contributed by atoms with Crippen LogP contribution >= 0.6 is 0 Å². The first-order chi connectivity index (χ1) is 7.63. The molecule has 1 amide bonds. The zero-order chi connectivity index (χ0) is 12.0. The summed E-state index contributed by atoms with van der Waals surface area (Å²) < 4.78 is 4.62. The summed E-state index contributed by atoms with van der Waals surface area (Å²) >= 11 is 0. The number of ether oxygens (including phenoxy) is 1. The SMILES string of the molecule is CC(=O)c1ccc(COC(=O)N=[N+]=[N-])cc1. The Morgan fingerprint density at radius 1 is 1.38 bits per heavy atom. The van der Waals surface area contributed by atoms with E-state index < -0.39 is 6.09 Å². The predicted molar refractivity (Wildman–Crippen MR) is 55.8 cm³/mol. The maximum absolute atomic E-state index is 11.0. The van der Waals surface area contributed by atoms with Crippen LogP contribution in [0, 0.1) is 0 Å². The Bertz CT molecular complexity index is 447. The maximum Gasteiger partial charge on any atom is 0.397 e. The molecule has 0 spiro atoms. The van der Waals surface area contributed by atoms with Crippen LogP contribution < -0.4 is 0 Å². The van der Waals surface area contributed by atoms with Crippen molar-refractivity contribution in [1.29, 1.82) is 0 Å². The molecule has 1 aromatic rings. The van der Waals surface area contributed by atoms with Crippen LogP contribution in [0.15, 0.2) is 29.4 Å². The zero-order valence-electron chi connectivity index (χ0n) is 8.58. The molecule has 0 aliphatic carbocycles. The summed E-state index contributed by atoms with van der Waals surface area (Å²) in [5.74, 6) is -0.0300. The van der Waals surface area contributed by atoms with E-state index in [2.05, 4.69) is 14.8 Å². The molecule has 0 radical (unpaired) electrons. The van der Waals surface area contributed by atoms with Gasteiger partial charge in [0.2, 0.25) is 0 Å². The van der Waals surface area contributed by atoms with Gasteiger partial charge in [0.05, 0.1) is 0 Å². The summed E-state index contributed by atoms with van der Waals surface area (Å²) in [5.41, 5.74) is 9.25. The lowest BCUT2D eigenvalue weighted by Crippen LogP contribution is -1.99. The Labute approximate surface area is 91.5 Å². The van der Waals surface area contributed by atoms with Crippen molar-refractivity contribution < 1.29 is 14.3 Å². The van der Waals surface area contributed by atoms with E-state index in [1.165, 1.54) is 6.92 Å². The molecule has 1 aromatic carbocycles. The highest BCUT2D eigenvalue weighted by molar-refractivity contribution is 5.93. The van der Waals surface area contributed by atoms with E-state index in [-0.39, 0.29) is 12.4 Å². The van der Waals surface area contributed by atoms with Crippen LogP contribution in [0.4, 0.5) is 4.79 Å². The van der Waals surface area contributed by atoms with Crippen molar-refractivity contribution in [1.82, 2.24) is 0 Å². The van der Waals surface area contributed by atoms with Crippen molar-refractivity contribution in [3.05, 3.63) is 45.8 Å². The molecule has 82 valence electrons. The molecule has 16 heavy (non-hydrogen) atoms. The summed E-state index contributed by atoms with van der Waals surface area (Å²) in [7, 11) is 0. The minimum absolute atomic E-state index is 0.00996. The number of rotatable bonds is 3. The van der Waals surface area contributed by atoms with Crippen molar-refractivity contribution in [2.24, 2.45) is 5.11 Å². The number of carbonyl (C=O) groups is 2. The number of ketones is 1. The van der Waals surface area contributed by atoms with E-state index in [1.807, 2.05) is 0 Å². The third-order valence-corrected chi connectivity index (χ3v) is 1.85. The first-order valence-corrected chi connectivity index (χ1v) is 4.45. The zero-order valence-corrected chi connectivity index (χ0v) is 8.58. The van der Waals surface area contributed by atoms with Gasteiger partial charge in [-0.2, -0.15) is 0 Å². The van der Waals surface area contributed by atoms with E-state index >= 15 is 0 Å². The van der Waals surface area contributed by atoms with Gasteiger partial charge in [0, 0.05) is 15.6 Å². The normalized spacial score (nSPS) is 9.06. The average molecular weight is 219 g/mol. The number of hydrogen-bond donors (Lipinski definition) is 0. The van der Waals surface area contributed by atoms with Gasteiger partial charge < -0.3 is 4.74 Å². The Morgan fingerprint density at radius 2 is 2.00 bits per heavy atom. The highest BCUT2D eigenvalue weighted by atomic mass is 16.5. The third kappa shape index (κ3) is 3.43. The van der Waals surface area contributed by atoms with Gasteiger partial charge in [0.15, 0.2) is 5.78 Å². The summed E-state index contributed by atoms with van der Waals surface area (Å²) in [6.07, 6.45) is -0.974. The van der Waals surface area contributed by atoms with Crippen molar-refractivity contribution >= 4 is 11.9 Å². The summed E-state index contributed by atoms with van der Waals surface area (Å²) in [5, 5.41) is 2.75. The van der Waals surface area contributed by atoms with Crippen molar-refractivity contribution in [2.45, 2.75) is 13.5 Å². The minimum atomic E-state index is -0.974. The molecule has 6 heteroatoms. The molecule has 1 rings (SSSR count). The Balaban J connectivity index is 2.59. The maximum atomic E-state index is 11.0. The first-order valence-electron chi connectivity index (χ1n) is 4.45. The number of hydrogen-bond acceptors (Lipinski definition) is 3. The summed E-state index contributed by atoms with van der Waals surface area (Å²) in [6, 6.07) is 6.61. The average Bonchev–Trinajstić information content (AvgIpc) is 2.27. The van der Waals surface area contributed by atoms with Gasteiger partial charge in [0.25, 0.3) is 0 Å². The topological polar surface area (TPSA) is 92.1 Å². The number of amides is 1. The van der Waals surface area contributed by atoms with Crippen LogP contribution in [0.5, 0.6) is 0 Å². The number of azide groups is 1. The van der Waals surface area contributed by atoms with Gasteiger partial charge in [-0.25, -0.2) is 4.79 Å². The molecule has 0 N–H and O–H groups in total. The highest BCUT2D eigenvalue weighted by Crippen LogP contribution is 2.06. The largest absolute Gasteiger partial charge is 0.456 e. The molecule has 0 heterocycles. The second-order valence-corrected chi connectivity index (χ2v) is 3.00. The quantitative estimate of drug-likeness (QED) is 0.338. The van der Waals surface area contributed by atoms with Crippen molar-refractivity contribution in [2.75, 3.05) is 0 Å². The Morgan fingerprint density at radius 3 is 2.50 bits per heavy atom. The van der Waals surface area contributed by atoms with E-state index in [9.17, 15) is 9.59 Å². The molecule has 0 fully saturated rings. The lowest BCUT2D eigenvalue weighted by molar-refractivity contribution is 0.101. The first kappa shape index (κ1) is 11.7. The predicted octanol–water partition coefficient (Wildman–Crippen LogP) is 2.84. The molecule has 6 nitrogen and oxygen atoms in total. The molecule has 0 atom stereocenters. The molecule has 0 saturated carbocycles. The number of nitrogens with zero attached hydrogens (tertiary/aromatic N) is 3. The minimum Gasteiger partial charge on any atom is -0.456 e. The standard InChI is InChI=1S/C10H9N3O3/c1-7(14)9-4-2-8(3-5-9)6-16-10(15)12-13-11/h2-5H,6H2,1H3. The molecule has 0 unspecified atom stereocenters. The van der Waals surface area contributed by atoms with E-state index in [4.69, 9.17) is 5.53 Å². The molecule has 0 bridgehead atoms. The van der Waals surface area contributed by atoms with Crippen LogP contribution in [-0.4, -0.2) is 11.9 Å². The number of carbonyl (C=O) groups excluding carboxylic acids is 2. The van der Waals surface area contributed by atoms with Crippen LogP contribution in [-0.2, 0) is 11.3 Å². The fourth-order valence-corrected chi connectivity index (χ4v) is 1.05. The van der Waals surface area contributed by atoms with Gasteiger partial charge in [-0.05, 0) is 18.0 Å². The van der Waals surface area contributed by atoms with Crippen LogP contribution in [0.2, 0.25) is 0 Å². The number of benzene rings is 1. The van der Waals surface area contributed by atoms with Crippen LogP contribution in [0.1, 0.15) is 22.8 Å². The molecule has 0 aliphatic heterocycles. The van der Waals surface area contributed by atoms with Gasteiger partial charge in [0.1, 0.15) is 6.61 Å².